The lowest BCUT2D eigenvalue weighted by Crippen LogP contribution is -2.27. The topological polar surface area (TPSA) is 23.5 Å². The number of nitrogens with zero attached hydrogens (tertiary/aromatic N) is 1. The molecule has 0 heterocycles. The zero-order valence-corrected chi connectivity index (χ0v) is 16.5. The zero-order chi connectivity index (χ0) is 17.7. The van der Waals surface area contributed by atoms with Gasteiger partial charge < -0.3 is 10.0 Å². The van der Waals surface area contributed by atoms with Crippen LogP contribution < -0.4 is 0 Å². The molecule has 0 saturated heterocycles. The van der Waals surface area contributed by atoms with Crippen molar-refractivity contribution in [1.82, 2.24) is 4.90 Å². The van der Waals surface area contributed by atoms with Crippen molar-refractivity contribution in [3.05, 3.63) is 63.6 Å². The Morgan fingerprint density at radius 3 is 2.33 bits per heavy atom. The summed E-state index contributed by atoms with van der Waals surface area (Å²) in [5.41, 5.74) is 1.19. The van der Waals surface area contributed by atoms with Crippen LogP contribution in [0.4, 0.5) is 0 Å². The Hall–Kier alpha value is -0.710. The minimum atomic E-state index is -0.813. The second-order valence-corrected chi connectivity index (χ2v) is 8.27. The lowest BCUT2D eigenvalue weighted by molar-refractivity contribution is 0.0405. The van der Waals surface area contributed by atoms with Crippen molar-refractivity contribution in [2.24, 2.45) is 0 Å². The van der Waals surface area contributed by atoms with Crippen molar-refractivity contribution in [3.8, 4) is 0 Å². The van der Waals surface area contributed by atoms with E-state index in [0.29, 0.717) is 16.5 Å². The van der Waals surface area contributed by atoms with Crippen LogP contribution in [0.1, 0.15) is 24.5 Å². The van der Waals surface area contributed by atoms with E-state index < -0.39 is 5.60 Å². The van der Waals surface area contributed by atoms with Gasteiger partial charge in [-0.05, 0) is 62.8 Å². The highest BCUT2D eigenvalue weighted by Gasteiger charge is 2.22. The average molecular weight is 384 g/mol. The summed E-state index contributed by atoms with van der Waals surface area (Å²) in [6.45, 7) is 2.71. The number of hydrogen-bond donors (Lipinski definition) is 1. The van der Waals surface area contributed by atoms with Crippen LogP contribution in [0.5, 0.6) is 0 Å². The van der Waals surface area contributed by atoms with Gasteiger partial charge in [-0.3, -0.25) is 0 Å². The summed E-state index contributed by atoms with van der Waals surface area (Å²) in [7, 11) is 4.02. The molecular formula is C19H23Cl2NOS. The fourth-order valence-corrected chi connectivity index (χ4v) is 3.75. The van der Waals surface area contributed by atoms with Gasteiger partial charge in [-0.2, -0.15) is 0 Å². The third-order valence-electron chi connectivity index (χ3n) is 3.93. The maximum Gasteiger partial charge on any atom is 0.0880 e. The summed E-state index contributed by atoms with van der Waals surface area (Å²) in [6, 6.07) is 13.7. The van der Waals surface area contributed by atoms with E-state index in [4.69, 9.17) is 23.2 Å². The van der Waals surface area contributed by atoms with Gasteiger partial charge in [-0.25, -0.2) is 0 Å². The predicted molar refractivity (Wildman–Crippen MR) is 105 cm³/mol. The first-order chi connectivity index (χ1) is 11.3. The van der Waals surface area contributed by atoms with Gasteiger partial charge in [0.1, 0.15) is 0 Å². The zero-order valence-electron chi connectivity index (χ0n) is 14.2. The second-order valence-electron chi connectivity index (χ2n) is 6.38. The van der Waals surface area contributed by atoms with Crippen LogP contribution in [0.25, 0.3) is 0 Å². The van der Waals surface area contributed by atoms with E-state index in [2.05, 4.69) is 4.90 Å². The predicted octanol–water partition coefficient (Wildman–Crippen LogP) is 5.44. The number of benzene rings is 2. The van der Waals surface area contributed by atoms with Gasteiger partial charge in [-0.15, -0.1) is 11.8 Å². The van der Waals surface area contributed by atoms with E-state index in [1.54, 1.807) is 17.8 Å². The molecule has 0 aromatic heterocycles. The molecule has 1 atom stereocenters. The Morgan fingerprint density at radius 1 is 1.08 bits per heavy atom. The first-order valence-electron chi connectivity index (χ1n) is 7.82. The Kier molecular flexibility index (Phi) is 7.02. The van der Waals surface area contributed by atoms with Gasteiger partial charge in [0, 0.05) is 27.2 Å². The summed E-state index contributed by atoms with van der Waals surface area (Å²) < 4.78 is 0. The van der Waals surface area contributed by atoms with Crippen LogP contribution in [-0.4, -0.2) is 30.6 Å². The third-order valence-corrected chi connectivity index (χ3v) is 5.58. The van der Waals surface area contributed by atoms with E-state index in [1.165, 1.54) is 0 Å². The van der Waals surface area contributed by atoms with Crippen molar-refractivity contribution in [1.29, 1.82) is 0 Å². The van der Waals surface area contributed by atoms with E-state index in [-0.39, 0.29) is 0 Å². The second kappa shape index (κ2) is 8.59. The third kappa shape index (κ3) is 5.68. The van der Waals surface area contributed by atoms with Crippen LogP contribution in [0.2, 0.25) is 10.0 Å². The number of hydrogen-bond acceptors (Lipinski definition) is 3. The smallest absolute Gasteiger partial charge is 0.0880 e. The molecule has 2 nitrogen and oxygen atoms in total. The quantitative estimate of drug-likeness (QED) is 0.643. The monoisotopic (exact) mass is 383 g/mol. The number of aliphatic hydroxyl groups is 1. The molecule has 1 unspecified atom stereocenters. The molecule has 2 rings (SSSR count). The maximum absolute atomic E-state index is 10.6. The van der Waals surface area contributed by atoms with Crippen molar-refractivity contribution in [3.63, 3.8) is 0 Å². The largest absolute Gasteiger partial charge is 0.385 e. The van der Waals surface area contributed by atoms with Gasteiger partial charge >= 0.3 is 0 Å². The minimum Gasteiger partial charge on any atom is -0.385 e. The molecule has 5 heteroatoms. The van der Waals surface area contributed by atoms with Crippen molar-refractivity contribution in [2.45, 2.75) is 29.6 Å². The van der Waals surface area contributed by atoms with E-state index in [0.717, 1.165) is 28.3 Å². The van der Waals surface area contributed by atoms with Crippen molar-refractivity contribution < 1.29 is 5.11 Å². The molecule has 0 bridgehead atoms. The molecule has 0 spiro atoms. The minimum absolute atomic E-state index is 0.651. The van der Waals surface area contributed by atoms with E-state index >= 15 is 0 Å². The van der Waals surface area contributed by atoms with Crippen LogP contribution in [0.15, 0.2) is 47.4 Å². The van der Waals surface area contributed by atoms with Gasteiger partial charge in [0.25, 0.3) is 0 Å². The number of rotatable bonds is 7. The molecule has 0 aliphatic heterocycles. The molecule has 0 radical (unpaired) electrons. The van der Waals surface area contributed by atoms with Crippen molar-refractivity contribution >= 4 is 35.0 Å². The first-order valence-corrected chi connectivity index (χ1v) is 9.56. The number of thioether (sulfide) groups is 1. The Bertz CT molecular complexity index is 672. The van der Waals surface area contributed by atoms with Crippen LogP contribution in [0.3, 0.4) is 0 Å². The van der Waals surface area contributed by atoms with Crippen LogP contribution >= 0.6 is 35.0 Å². The molecular weight excluding hydrogens is 361 g/mol. The molecule has 130 valence electrons. The van der Waals surface area contributed by atoms with E-state index in [9.17, 15) is 5.11 Å². The number of halogens is 2. The van der Waals surface area contributed by atoms with Gasteiger partial charge in [0.05, 0.1) is 5.60 Å². The summed E-state index contributed by atoms with van der Waals surface area (Å²) >= 11 is 13.8. The van der Waals surface area contributed by atoms with Crippen LogP contribution in [0, 0.1) is 0 Å². The maximum atomic E-state index is 10.6. The Labute approximate surface area is 158 Å². The lowest BCUT2D eigenvalue weighted by atomic mass is 9.92. The molecule has 24 heavy (non-hydrogen) atoms. The summed E-state index contributed by atoms with van der Waals surface area (Å²) in [5, 5.41) is 12.0. The normalized spacial score (nSPS) is 14.0. The summed E-state index contributed by atoms with van der Waals surface area (Å²) in [4.78, 5) is 3.22. The molecule has 1 N–H and O–H groups in total. The Balaban J connectivity index is 1.99. The van der Waals surface area contributed by atoms with Crippen LogP contribution in [-0.2, 0) is 11.4 Å². The van der Waals surface area contributed by atoms with Gasteiger partial charge in [0.2, 0.25) is 0 Å². The molecule has 0 fully saturated rings. The van der Waals surface area contributed by atoms with Crippen molar-refractivity contribution in [2.75, 3.05) is 20.6 Å². The highest BCUT2D eigenvalue weighted by atomic mass is 35.5. The molecule has 0 amide bonds. The highest BCUT2D eigenvalue weighted by Crippen LogP contribution is 2.31. The fourth-order valence-electron chi connectivity index (χ4n) is 2.30. The lowest BCUT2D eigenvalue weighted by Gasteiger charge is -2.25. The van der Waals surface area contributed by atoms with Gasteiger partial charge in [-0.1, -0.05) is 41.4 Å². The fraction of sp³-hybridized carbons (Fsp3) is 0.368. The van der Waals surface area contributed by atoms with Gasteiger partial charge in [0.15, 0.2) is 0 Å². The molecule has 0 aliphatic rings. The summed E-state index contributed by atoms with van der Waals surface area (Å²) in [5.74, 6) is 0.784. The first kappa shape index (κ1) is 19.6. The molecule has 2 aromatic carbocycles. The van der Waals surface area contributed by atoms with E-state index in [1.807, 2.05) is 57.4 Å². The Morgan fingerprint density at radius 2 is 1.75 bits per heavy atom. The summed E-state index contributed by atoms with van der Waals surface area (Å²) in [6.07, 6.45) is 0.701. The SMILES string of the molecule is CN(C)CCC(C)(O)c1ccc(SCc2ccc(Cl)cc2Cl)cc1. The molecule has 0 aliphatic carbocycles. The molecule has 2 aromatic rings. The average Bonchev–Trinajstić information content (AvgIpc) is 2.53. The highest BCUT2D eigenvalue weighted by molar-refractivity contribution is 7.98. The molecule has 0 saturated carbocycles. The standard InChI is InChI=1S/C19H23Cl2NOS/c1-19(23,10-11-22(2)3)15-5-8-17(9-6-15)24-13-14-4-7-16(20)12-18(14)21/h4-9,12,23H,10-11,13H2,1-3H3.